The highest BCUT2D eigenvalue weighted by Crippen LogP contribution is 2.33. The van der Waals surface area contributed by atoms with Crippen LogP contribution in [0.1, 0.15) is 18.4 Å². The monoisotopic (exact) mass is 479 g/mol. The predicted molar refractivity (Wildman–Crippen MR) is 133 cm³/mol. The summed E-state index contributed by atoms with van der Waals surface area (Å²) in [4.78, 5) is 11.8. The van der Waals surface area contributed by atoms with Crippen LogP contribution in [0, 0.1) is 6.92 Å². The number of aromatic nitrogens is 2. The van der Waals surface area contributed by atoms with Gasteiger partial charge in [-0.25, -0.2) is 18.4 Å². The molecule has 0 amide bonds. The molecule has 1 fully saturated rings. The molecule has 2 aromatic heterocycles. The lowest BCUT2D eigenvalue weighted by atomic mass is 10.1. The maximum atomic E-state index is 11.7. The van der Waals surface area contributed by atoms with Crippen LogP contribution in [-0.2, 0) is 9.84 Å². The van der Waals surface area contributed by atoms with Crippen LogP contribution in [0.3, 0.4) is 0 Å². The van der Waals surface area contributed by atoms with Crippen molar-refractivity contribution in [2.24, 2.45) is 0 Å². The molecule has 0 radical (unpaired) electrons. The Kier molecular flexibility index (Phi) is 5.80. The number of hydrogen-bond acceptors (Lipinski definition) is 7. The van der Waals surface area contributed by atoms with E-state index >= 15 is 0 Å². The molecule has 0 saturated carbocycles. The van der Waals surface area contributed by atoms with Crippen molar-refractivity contribution in [3.63, 3.8) is 0 Å². The number of anilines is 1. The lowest BCUT2D eigenvalue weighted by molar-refractivity contribution is 0.170. The molecular weight excluding hydrogens is 454 g/mol. The quantitative estimate of drug-likeness (QED) is 0.396. The maximum absolute atomic E-state index is 11.7. The summed E-state index contributed by atoms with van der Waals surface area (Å²) in [5.74, 6) is 1.02. The van der Waals surface area contributed by atoms with Crippen LogP contribution >= 0.6 is 11.3 Å². The summed E-state index contributed by atoms with van der Waals surface area (Å²) in [6.45, 7) is 3.88. The third-order valence-electron chi connectivity index (χ3n) is 5.91. The lowest BCUT2D eigenvalue weighted by Crippen LogP contribution is -2.38. The summed E-state index contributed by atoms with van der Waals surface area (Å²) in [6, 6.07) is 17.2. The summed E-state index contributed by atoms with van der Waals surface area (Å²) >= 11 is 1.55. The van der Waals surface area contributed by atoms with E-state index < -0.39 is 9.84 Å². The Bertz CT molecular complexity index is 1370. The van der Waals surface area contributed by atoms with E-state index in [1.807, 2.05) is 37.4 Å². The minimum absolute atomic E-state index is 0.148. The molecule has 1 saturated heterocycles. The minimum atomic E-state index is -3.20. The van der Waals surface area contributed by atoms with Crippen molar-refractivity contribution in [2.45, 2.75) is 30.8 Å². The molecule has 6 nitrogen and oxygen atoms in total. The standard InChI is InChI=1S/C25H25N3O3S2/c1-17-3-10-24(26-16-17)28-13-11-20(12-14-28)31-25-27-22-9-6-19(15-23(22)32-25)18-4-7-21(8-5-18)33(2,29)30/h3-10,15-16,20H,11-14H2,1-2H3. The number of hydrogen-bond donors (Lipinski definition) is 0. The Labute approximate surface area is 197 Å². The van der Waals surface area contributed by atoms with E-state index in [0.717, 1.165) is 53.1 Å². The highest BCUT2D eigenvalue weighted by Gasteiger charge is 2.22. The van der Waals surface area contributed by atoms with E-state index in [-0.39, 0.29) is 6.10 Å². The average molecular weight is 480 g/mol. The Morgan fingerprint density at radius 2 is 1.73 bits per heavy atom. The number of ether oxygens (including phenoxy) is 1. The Hall–Kier alpha value is -2.97. The zero-order valence-electron chi connectivity index (χ0n) is 18.6. The van der Waals surface area contributed by atoms with Crippen molar-refractivity contribution in [3.05, 3.63) is 66.4 Å². The summed E-state index contributed by atoms with van der Waals surface area (Å²) in [5.41, 5.74) is 4.07. The number of aryl methyl sites for hydroxylation is 1. The molecule has 0 N–H and O–H groups in total. The SMILES string of the molecule is Cc1ccc(N2CCC(Oc3nc4ccc(-c5ccc(S(C)(=O)=O)cc5)cc4s3)CC2)nc1. The topological polar surface area (TPSA) is 72.4 Å². The highest BCUT2D eigenvalue weighted by molar-refractivity contribution is 7.90. The van der Waals surface area contributed by atoms with Gasteiger partial charge in [-0.15, -0.1) is 0 Å². The number of piperidine rings is 1. The van der Waals surface area contributed by atoms with E-state index in [9.17, 15) is 8.42 Å². The largest absolute Gasteiger partial charge is 0.467 e. The normalized spacial score (nSPS) is 15.2. The minimum Gasteiger partial charge on any atom is -0.467 e. The molecule has 2 aromatic carbocycles. The van der Waals surface area contributed by atoms with Gasteiger partial charge in [0, 0.05) is 38.4 Å². The number of benzene rings is 2. The van der Waals surface area contributed by atoms with E-state index in [1.54, 1.807) is 23.5 Å². The van der Waals surface area contributed by atoms with Gasteiger partial charge in [0.05, 0.1) is 15.1 Å². The van der Waals surface area contributed by atoms with Gasteiger partial charge in [0.15, 0.2) is 9.84 Å². The fraction of sp³-hybridized carbons (Fsp3) is 0.280. The van der Waals surface area contributed by atoms with E-state index in [4.69, 9.17) is 4.74 Å². The number of fused-ring (bicyclic) bond motifs is 1. The maximum Gasteiger partial charge on any atom is 0.274 e. The van der Waals surface area contributed by atoms with Crippen molar-refractivity contribution < 1.29 is 13.2 Å². The smallest absolute Gasteiger partial charge is 0.274 e. The number of nitrogens with zero attached hydrogens (tertiary/aromatic N) is 3. The predicted octanol–water partition coefficient (Wildman–Crippen LogP) is 5.12. The van der Waals surface area contributed by atoms with Crippen LogP contribution in [0.5, 0.6) is 5.19 Å². The first-order valence-corrected chi connectivity index (χ1v) is 13.6. The van der Waals surface area contributed by atoms with Gasteiger partial charge >= 0.3 is 0 Å². The summed E-state index contributed by atoms with van der Waals surface area (Å²) in [5, 5.41) is 0.696. The van der Waals surface area contributed by atoms with Crippen LogP contribution in [0.4, 0.5) is 5.82 Å². The fourth-order valence-electron chi connectivity index (χ4n) is 4.02. The molecule has 33 heavy (non-hydrogen) atoms. The third kappa shape index (κ3) is 4.86. The van der Waals surface area contributed by atoms with Gasteiger partial charge in [0.2, 0.25) is 0 Å². The highest BCUT2D eigenvalue weighted by atomic mass is 32.2. The molecule has 0 bridgehead atoms. The Morgan fingerprint density at radius 1 is 1.00 bits per heavy atom. The second-order valence-electron chi connectivity index (χ2n) is 8.46. The van der Waals surface area contributed by atoms with Gasteiger partial charge < -0.3 is 9.64 Å². The lowest BCUT2D eigenvalue weighted by Gasteiger charge is -2.32. The molecule has 0 spiro atoms. The van der Waals surface area contributed by atoms with Gasteiger partial charge in [-0.3, -0.25) is 0 Å². The number of sulfone groups is 1. The van der Waals surface area contributed by atoms with Gasteiger partial charge in [-0.2, -0.15) is 0 Å². The molecule has 1 aliphatic heterocycles. The van der Waals surface area contributed by atoms with Gasteiger partial charge in [-0.1, -0.05) is 35.6 Å². The molecular formula is C25H25N3O3S2. The Morgan fingerprint density at radius 3 is 2.39 bits per heavy atom. The Balaban J connectivity index is 1.26. The van der Waals surface area contributed by atoms with Crippen molar-refractivity contribution >= 4 is 37.2 Å². The number of thiazole rings is 1. The van der Waals surface area contributed by atoms with E-state index in [2.05, 4.69) is 33.1 Å². The van der Waals surface area contributed by atoms with Crippen LogP contribution in [-0.4, -0.2) is 43.8 Å². The zero-order chi connectivity index (χ0) is 23.0. The van der Waals surface area contributed by atoms with Gasteiger partial charge in [0.1, 0.15) is 11.9 Å². The van der Waals surface area contributed by atoms with E-state index in [0.29, 0.717) is 10.1 Å². The molecule has 0 atom stereocenters. The number of rotatable bonds is 5. The molecule has 8 heteroatoms. The van der Waals surface area contributed by atoms with Crippen molar-refractivity contribution in [1.29, 1.82) is 0 Å². The van der Waals surface area contributed by atoms with Gasteiger partial charge in [-0.05, 0) is 53.9 Å². The van der Waals surface area contributed by atoms with Crippen molar-refractivity contribution in [2.75, 3.05) is 24.2 Å². The van der Waals surface area contributed by atoms with Gasteiger partial charge in [0.25, 0.3) is 5.19 Å². The van der Waals surface area contributed by atoms with Crippen LogP contribution in [0.15, 0.2) is 65.7 Å². The van der Waals surface area contributed by atoms with Crippen LogP contribution < -0.4 is 9.64 Å². The number of pyridine rings is 1. The fourth-order valence-corrected chi connectivity index (χ4v) is 5.57. The average Bonchev–Trinajstić information content (AvgIpc) is 3.21. The molecule has 0 aliphatic carbocycles. The molecule has 1 aliphatic rings. The van der Waals surface area contributed by atoms with Crippen molar-refractivity contribution in [3.8, 4) is 16.3 Å². The third-order valence-corrected chi connectivity index (χ3v) is 7.95. The first kappa shape index (κ1) is 21.9. The molecule has 4 aromatic rings. The second kappa shape index (κ2) is 8.76. The molecule has 3 heterocycles. The summed E-state index contributed by atoms with van der Waals surface area (Å²) in [7, 11) is -3.20. The molecule has 170 valence electrons. The summed E-state index contributed by atoms with van der Waals surface area (Å²) in [6.07, 6.45) is 5.14. The van der Waals surface area contributed by atoms with Crippen LogP contribution in [0.25, 0.3) is 21.3 Å². The first-order chi connectivity index (χ1) is 15.8. The first-order valence-electron chi connectivity index (χ1n) is 10.9. The second-order valence-corrected chi connectivity index (χ2v) is 11.5. The molecule has 0 unspecified atom stereocenters. The zero-order valence-corrected chi connectivity index (χ0v) is 20.2. The van der Waals surface area contributed by atoms with Crippen molar-refractivity contribution in [1.82, 2.24) is 9.97 Å². The summed E-state index contributed by atoms with van der Waals surface area (Å²) < 4.78 is 30.7. The molecule has 5 rings (SSSR count). The van der Waals surface area contributed by atoms with Crippen LogP contribution in [0.2, 0.25) is 0 Å². The van der Waals surface area contributed by atoms with E-state index in [1.165, 1.54) is 11.8 Å².